The van der Waals surface area contributed by atoms with Gasteiger partial charge in [-0.1, -0.05) is 42.5 Å². The molecule has 0 bridgehead atoms. The molecule has 0 aliphatic carbocycles. The molecule has 4 rings (SSSR count). The molecular formula is C26H22N2O3. The normalized spacial score (nSPS) is 10.6. The number of aryl methyl sites for hydroxylation is 2. The van der Waals surface area contributed by atoms with Gasteiger partial charge in [-0.3, -0.25) is 9.59 Å². The van der Waals surface area contributed by atoms with Crippen LogP contribution in [0.15, 0.2) is 78.9 Å². The third-order valence-electron chi connectivity index (χ3n) is 5.25. The zero-order valence-electron chi connectivity index (χ0n) is 17.3. The van der Waals surface area contributed by atoms with E-state index in [4.69, 9.17) is 0 Å². The molecule has 0 radical (unpaired) electrons. The maximum atomic E-state index is 12.8. The van der Waals surface area contributed by atoms with Gasteiger partial charge in [-0.05, 0) is 72.1 Å². The number of rotatable bonds is 4. The average Bonchev–Trinajstić information content (AvgIpc) is 2.76. The lowest BCUT2D eigenvalue weighted by atomic mass is 10.0. The third-order valence-corrected chi connectivity index (χ3v) is 5.25. The predicted octanol–water partition coefficient (Wildman–Crippen LogP) is 5.67. The second-order valence-electron chi connectivity index (χ2n) is 7.47. The number of phenols is 1. The molecule has 0 aliphatic rings. The summed E-state index contributed by atoms with van der Waals surface area (Å²) in [4.78, 5) is 25.5. The molecular weight excluding hydrogens is 388 g/mol. The number of benzene rings is 4. The maximum absolute atomic E-state index is 12.8. The third kappa shape index (κ3) is 4.26. The van der Waals surface area contributed by atoms with Crippen LogP contribution in [0, 0.1) is 13.8 Å². The highest BCUT2D eigenvalue weighted by Crippen LogP contribution is 2.27. The van der Waals surface area contributed by atoms with Crippen LogP contribution in [-0.4, -0.2) is 16.9 Å². The van der Waals surface area contributed by atoms with Gasteiger partial charge in [0.05, 0.1) is 5.56 Å². The fourth-order valence-corrected chi connectivity index (χ4v) is 3.42. The van der Waals surface area contributed by atoms with Crippen molar-refractivity contribution < 1.29 is 14.7 Å². The number of para-hydroxylation sites is 2. The monoisotopic (exact) mass is 410 g/mol. The van der Waals surface area contributed by atoms with E-state index in [1.807, 2.05) is 56.3 Å². The molecule has 31 heavy (non-hydrogen) atoms. The van der Waals surface area contributed by atoms with Crippen LogP contribution >= 0.6 is 0 Å². The highest BCUT2D eigenvalue weighted by Gasteiger charge is 2.15. The van der Waals surface area contributed by atoms with Crippen molar-refractivity contribution in [3.8, 4) is 5.75 Å². The largest absolute Gasteiger partial charge is 0.507 e. The van der Waals surface area contributed by atoms with Crippen molar-refractivity contribution in [2.45, 2.75) is 13.8 Å². The van der Waals surface area contributed by atoms with Crippen molar-refractivity contribution in [2.24, 2.45) is 0 Å². The SMILES string of the molecule is Cc1ccccc1NC(=O)c1ccc2cc(O)c(C(=O)Nc3ccccc3C)cc2c1. The van der Waals surface area contributed by atoms with Crippen LogP contribution in [0.3, 0.4) is 0 Å². The number of hydrogen-bond donors (Lipinski definition) is 3. The quantitative estimate of drug-likeness (QED) is 0.406. The first-order valence-electron chi connectivity index (χ1n) is 9.93. The zero-order chi connectivity index (χ0) is 22.0. The Bertz CT molecular complexity index is 1310. The summed E-state index contributed by atoms with van der Waals surface area (Å²) in [6, 6.07) is 23.3. The van der Waals surface area contributed by atoms with E-state index in [-0.39, 0.29) is 17.2 Å². The Kier molecular flexibility index (Phi) is 5.41. The molecule has 5 heteroatoms. The van der Waals surface area contributed by atoms with Crippen LogP contribution < -0.4 is 10.6 Å². The van der Waals surface area contributed by atoms with Gasteiger partial charge in [0.1, 0.15) is 5.75 Å². The smallest absolute Gasteiger partial charge is 0.259 e. The van der Waals surface area contributed by atoms with Gasteiger partial charge in [-0.25, -0.2) is 0 Å². The summed E-state index contributed by atoms with van der Waals surface area (Å²) in [7, 11) is 0. The molecule has 0 heterocycles. The number of carbonyl (C=O) groups is 2. The van der Waals surface area contributed by atoms with E-state index in [1.54, 1.807) is 30.3 Å². The van der Waals surface area contributed by atoms with E-state index in [1.165, 1.54) is 6.07 Å². The topological polar surface area (TPSA) is 78.4 Å². The summed E-state index contributed by atoms with van der Waals surface area (Å²) >= 11 is 0. The molecule has 154 valence electrons. The minimum Gasteiger partial charge on any atom is -0.507 e. The summed E-state index contributed by atoms with van der Waals surface area (Å²) < 4.78 is 0. The van der Waals surface area contributed by atoms with E-state index in [0.717, 1.165) is 22.2 Å². The Hall–Kier alpha value is -4.12. The molecule has 0 fully saturated rings. The first-order chi connectivity index (χ1) is 14.9. The lowest BCUT2D eigenvalue weighted by Crippen LogP contribution is -2.13. The van der Waals surface area contributed by atoms with E-state index in [2.05, 4.69) is 10.6 Å². The van der Waals surface area contributed by atoms with Gasteiger partial charge in [0.15, 0.2) is 0 Å². The van der Waals surface area contributed by atoms with Crippen LogP contribution in [0.4, 0.5) is 11.4 Å². The molecule has 2 amide bonds. The summed E-state index contributed by atoms with van der Waals surface area (Å²) in [5, 5.41) is 17.6. The summed E-state index contributed by atoms with van der Waals surface area (Å²) in [6.45, 7) is 3.83. The summed E-state index contributed by atoms with van der Waals surface area (Å²) in [5.74, 6) is -0.769. The average molecular weight is 410 g/mol. The van der Waals surface area contributed by atoms with Crippen molar-refractivity contribution in [3.63, 3.8) is 0 Å². The van der Waals surface area contributed by atoms with Gasteiger partial charge in [0.2, 0.25) is 0 Å². The number of nitrogens with one attached hydrogen (secondary N) is 2. The van der Waals surface area contributed by atoms with Gasteiger partial charge in [0.25, 0.3) is 11.8 Å². The molecule has 4 aromatic rings. The standard InChI is InChI=1S/C26H22N2O3/c1-16-7-3-5-9-22(16)27-25(30)19-12-11-18-15-24(29)21(14-20(18)13-19)26(31)28-23-10-6-4-8-17(23)2/h3-15,29H,1-2H3,(H,27,30)(H,28,31). The second kappa shape index (κ2) is 8.32. The Balaban J connectivity index is 1.64. The lowest BCUT2D eigenvalue weighted by Gasteiger charge is -2.11. The van der Waals surface area contributed by atoms with Crippen LogP contribution in [0.2, 0.25) is 0 Å². The first kappa shape index (κ1) is 20.2. The number of hydrogen-bond acceptors (Lipinski definition) is 3. The number of carbonyl (C=O) groups excluding carboxylic acids is 2. The number of phenolic OH excluding ortho intramolecular Hbond substituents is 1. The number of fused-ring (bicyclic) bond motifs is 1. The highest BCUT2D eigenvalue weighted by atomic mass is 16.3. The van der Waals surface area contributed by atoms with Crippen molar-refractivity contribution in [1.29, 1.82) is 0 Å². The van der Waals surface area contributed by atoms with E-state index < -0.39 is 5.91 Å². The number of anilines is 2. The molecule has 3 N–H and O–H groups in total. The van der Waals surface area contributed by atoms with Crippen molar-refractivity contribution in [1.82, 2.24) is 0 Å². The van der Waals surface area contributed by atoms with Crippen LogP contribution in [-0.2, 0) is 0 Å². The van der Waals surface area contributed by atoms with Gasteiger partial charge in [-0.15, -0.1) is 0 Å². The molecule has 0 spiro atoms. The maximum Gasteiger partial charge on any atom is 0.259 e. The van der Waals surface area contributed by atoms with Crippen LogP contribution in [0.25, 0.3) is 10.8 Å². The first-order valence-corrected chi connectivity index (χ1v) is 9.93. The molecule has 0 saturated heterocycles. The second-order valence-corrected chi connectivity index (χ2v) is 7.47. The number of aromatic hydroxyl groups is 1. The fraction of sp³-hybridized carbons (Fsp3) is 0.0769. The van der Waals surface area contributed by atoms with E-state index in [9.17, 15) is 14.7 Å². The molecule has 0 atom stereocenters. The van der Waals surface area contributed by atoms with Crippen molar-refractivity contribution in [2.75, 3.05) is 10.6 Å². The predicted molar refractivity (Wildman–Crippen MR) is 124 cm³/mol. The molecule has 0 aliphatic heterocycles. The molecule has 0 saturated carbocycles. The van der Waals surface area contributed by atoms with Crippen molar-refractivity contribution >= 4 is 34.0 Å². The fourth-order valence-electron chi connectivity index (χ4n) is 3.42. The van der Waals surface area contributed by atoms with Gasteiger partial charge >= 0.3 is 0 Å². The Morgan fingerprint density at radius 2 is 1.26 bits per heavy atom. The minimum absolute atomic E-state index is 0.115. The number of amides is 2. The van der Waals surface area contributed by atoms with Gasteiger partial charge in [0, 0.05) is 16.9 Å². The zero-order valence-corrected chi connectivity index (χ0v) is 17.3. The highest BCUT2D eigenvalue weighted by molar-refractivity contribution is 6.10. The van der Waals surface area contributed by atoms with E-state index >= 15 is 0 Å². The molecule has 5 nitrogen and oxygen atoms in total. The minimum atomic E-state index is -0.413. The van der Waals surface area contributed by atoms with Crippen LogP contribution in [0.5, 0.6) is 5.75 Å². The lowest BCUT2D eigenvalue weighted by molar-refractivity contribution is 0.101. The molecule has 4 aromatic carbocycles. The summed E-state index contributed by atoms with van der Waals surface area (Å²) in [6.07, 6.45) is 0. The Morgan fingerprint density at radius 3 is 1.87 bits per heavy atom. The molecule has 0 unspecified atom stereocenters. The van der Waals surface area contributed by atoms with Gasteiger partial charge < -0.3 is 15.7 Å². The summed E-state index contributed by atoms with van der Waals surface area (Å²) in [5.41, 5.74) is 3.93. The van der Waals surface area contributed by atoms with Gasteiger partial charge in [-0.2, -0.15) is 0 Å². The Labute approximate surface area is 180 Å². The van der Waals surface area contributed by atoms with Crippen molar-refractivity contribution in [3.05, 3.63) is 101 Å². The van der Waals surface area contributed by atoms with E-state index in [0.29, 0.717) is 16.6 Å². The van der Waals surface area contributed by atoms with Crippen LogP contribution in [0.1, 0.15) is 31.8 Å². The molecule has 0 aromatic heterocycles. The Morgan fingerprint density at radius 1 is 0.677 bits per heavy atom.